The summed E-state index contributed by atoms with van der Waals surface area (Å²) in [5, 5.41) is 7.28. The van der Waals surface area contributed by atoms with Crippen molar-refractivity contribution in [3.05, 3.63) is 47.3 Å². The number of hydrogen-bond donors (Lipinski definition) is 0. The molecule has 1 saturated heterocycles. The van der Waals surface area contributed by atoms with Crippen LogP contribution in [0.3, 0.4) is 0 Å². The van der Waals surface area contributed by atoms with Gasteiger partial charge in [0, 0.05) is 43.3 Å². The Labute approximate surface area is 157 Å². The van der Waals surface area contributed by atoms with Crippen LogP contribution in [0.1, 0.15) is 31.2 Å². The molecule has 0 spiro atoms. The predicted octanol–water partition coefficient (Wildman–Crippen LogP) is 3.64. The number of hydrogen-bond acceptors (Lipinski definition) is 7. The number of benzene rings is 1. The molecule has 0 bridgehead atoms. The molecule has 2 aromatic heterocycles. The third-order valence-corrected chi connectivity index (χ3v) is 5.56. The summed E-state index contributed by atoms with van der Waals surface area (Å²) < 4.78 is 5.47. The van der Waals surface area contributed by atoms with Crippen molar-refractivity contribution in [3.8, 4) is 11.4 Å². The van der Waals surface area contributed by atoms with E-state index < -0.39 is 0 Å². The standard InChI is InChI=1S/C19H23N5OS/c1-14(2)15-3-5-16(6-4-15)18-21-17(25-22-18)13-23-8-10-24(11-9-23)19-20-7-12-26-19/h3-7,12,14H,8-11,13H2,1-2H3. The largest absolute Gasteiger partial charge is 0.346 e. The summed E-state index contributed by atoms with van der Waals surface area (Å²) >= 11 is 1.69. The first-order valence-electron chi connectivity index (χ1n) is 8.99. The molecule has 0 aliphatic carbocycles. The number of aromatic nitrogens is 3. The van der Waals surface area contributed by atoms with Crippen molar-refractivity contribution in [2.24, 2.45) is 0 Å². The fourth-order valence-corrected chi connectivity index (χ4v) is 3.81. The zero-order valence-corrected chi connectivity index (χ0v) is 15.9. The van der Waals surface area contributed by atoms with E-state index in [2.05, 4.69) is 63.0 Å². The summed E-state index contributed by atoms with van der Waals surface area (Å²) in [6, 6.07) is 8.40. The monoisotopic (exact) mass is 369 g/mol. The highest BCUT2D eigenvalue weighted by molar-refractivity contribution is 7.13. The highest BCUT2D eigenvalue weighted by atomic mass is 32.1. The van der Waals surface area contributed by atoms with E-state index in [1.165, 1.54) is 5.56 Å². The van der Waals surface area contributed by atoms with Crippen molar-refractivity contribution in [2.45, 2.75) is 26.3 Å². The van der Waals surface area contributed by atoms with Gasteiger partial charge in [0.2, 0.25) is 11.7 Å². The highest BCUT2D eigenvalue weighted by Gasteiger charge is 2.20. The van der Waals surface area contributed by atoms with Gasteiger partial charge in [0.1, 0.15) is 0 Å². The first-order chi connectivity index (χ1) is 12.7. The fraction of sp³-hybridized carbons (Fsp3) is 0.421. The Hall–Kier alpha value is -2.25. The van der Waals surface area contributed by atoms with Gasteiger partial charge in [-0.1, -0.05) is 43.3 Å². The molecule has 7 heteroatoms. The van der Waals surface area contributed by atoms with Gasteiger partial charge in [0.05, 0.1) is 6.54 Å². The number of nitrogens with zero attached hydrogens (tertiary/aromatic N) is 5. The minimum Gasteiger partial charge on any atom is -0.346 e. The second kappa shape index (κ2) is 7.55. The first-order valence-corrected chi connectivity index (χ1v) is 9.87. The second-order valence-corrected chi connectivity index (χ2v) is 7.74. The predicted molar refractivity (Wildman–Crippen MR) is 103 cm³/mol. The van der Waals surface area contributed by atoms with Crippen LogP contribution in [0.2, 0.25) is 0 Å². The van der Waals surface area contributed by atoms with Crippen molar-refractivity contribution in [2.75, 3.05) is 31.1 Å². The van der Waals surface area contributed by atoms with E-state index in [0.717, 1.165) is 36.9 Å². The van der Waals surface area contributed by atoms with Crippen LogP contribution in [0.4, 0.5) is 5.13 Å². The molecule has 0 N–H and O–H groups in total. The van der Waals surface area contributed by atoms with Crippen LogP contribution in [0.25, 0.3) is 11.4 Å². The first kappa shape index (κ1) is 17.2. The van der Waals surface area contributed by atoms with E-state index in [9.17, 15) is 0 Å². The molecule has 1 aromatic carbocycles. The molecule has 26 heavy (non-hydrogen) atoms. The smallest absolute Gasteiger partial charge is 0.241 e. The van der Waals surface area contributed by atoms with Gasteiger partial charge < -0.3 is 9.42 Å². The zero-order chi connectivity index (χ0) is 17.9. The van der Waals surface area contributed by atoms with E-state index in [1.807, 2.05) is 11.6 Å². The van der Waals surface area contributed by atoms with Crippen LogP contribution in [0.15, 0.2) is 40.4 Å². The third-order valence-electron chi connectivity index (χ3n) is 4.72. The average molecular weight is 369 g/mol. The van der Waals surface area contributed by atoms with E-state index in [0.29, 0.717) is 24.2 Å². The van der Waals surface area contributed by atoms with Crippen LogP contribution in [-0.4, -0.2) is 46.2 Å². The summed E-state index contributed by atoms with van der Waals surface area (Å²) in [6.07, 6.45) is 1.86. The van der Waals surface area contributed by atoms with Crippen LogP contribution >= 0.6 is 11.3 Å². The quantitative estimate of drug-likeness (QED) is 0.684. The van der Waals surface area contributed by atoms with Gasteiger partial charge in [-0.05, 0) is 11.5 Å². The molecule has 136 valence electrons. The van der Waals surface area contributed by atoms with Crippen LogP contribution in [-0.2, 0) is 6.54 Å². The molecule has 1 fully saturated rings. The van der Waals surface area contributed by atoms with Gasteiger partial charge in [-0.2, -0.15) is 4.98 Å². The molecule has 1 aliphatic heterocycles. The summed E-state index contributed by atoms with van der Waals surface area (Å²) in [4.78, 5) is 13.6. The normalized spacial score (nSPS) is 15.7. The minimum absolute atomic E-state index is 0.521. The highest BCUT2D eigenvalue weighted by Crippen LogP contribution is 2.22. The summed E-state index contributed by atoms with van der Waals surface area (Å²) in [6.45, 7) is 8.98. The number of piperazine rings is 1. The summed E-state index contributed by atoms with van der Waals surface area (Å²) in [7, 11) is 0. The van der Waals surface area contributed by atoms with Crippen molar-refractivity contribution in [3.63, 3.8) is 0 Å². The van der Waals surface area contributed by atoms with E-state index in [1.54, 1.807) is 11.3 Å². The maximum Gasteiger partial charge on any atom is 0.241 e. The third kappa shape index (κ3) is 3.78. The van der Waals surface area contributed by atoms with E-state index >= 15 is 0 Å². The fourth-order valence-electron chi connectivity index (χ4n) is 3.11. The molecule has 0 amide bonds. The Morgan fingerprint density at radius 3 is 2.54 bits per heavy atom. The maximum atomic E-state index is 5.47. The SMILES string of the molecule is CC(C)c1ccc(-c2noc(CN3CCN(c4nccs4)CC3)n2)cc1. The van der Waals surface area contributed by atoms with Gasteiger partial charge >= 0.3 is 0 Å². The lowest BCUT2D eigenvalue weighted by Gasteiger charge is -2.33. The Morgan fingerprint density at radius 2 is 1.88 bits per heavy atom. The van der Waals surface area contributed by atoms with Crippen molar-refractivity contribution < 1.29 is 4.52 Å². The van der Waals surface area contributed by atoms with Gasteiger partial charge in [-0.3, -0.25) is 4.90 Å². The van der Waals surface area contributed by atoms with Gasteiger partial charge in [0.25, 0.3) is 0 Å². The Bertz CT molecular complexity index is 820. The zero-order valence-electron chi connectivity index (χ0n) is 15.1. The number of rotatable bonds is 5. The van der Waals surface area contributed by atoms with Gasteiger partial charge in [0.15, 0.2) is 5.13 Å². The average Bonchev–Trinajstić information content (AvgIpc) is 3.35. The van der Waals surface area contributed by atoms with Crippen molar-refractivity contribution in [1.29, 1.82) is 0 Å². The molecule has 0 unspecified atom stereocenters. The molecule has 3 heterocycles. The Kier molecular flexibility index (Phi) is 4.99. The lowest BCUT2D eigenvalue weighted by molar-refractivity contribution is 0.215. The minimum atomic E-state index is 0.521. The van der Waals surface area contributed by atoms with Gasteiger partial charge in [-0.25, -0.2) is 4.98 Å². The molecule has 0 saturated carbocycles. The Morgan fingerprint density at radius 1 is 1.12 bits per heavy atom. The lowest BCUT2D eigenvalue weighted by atomic mass is 10.0. The molecule has 4 rings (SSSR count). The van der Waals surface area contributed by atoms with Crippen molar-refractivity contribution >= 4 is 16.5 Å². The molecule has 0 atom stereocenters. The Balaban J connectivity index is 1.35. The number of thiazole rings is 1. The summed E-state index contributed by atoms with van der Waals surface area (Å²) in [5.74, 6) is 1.86. The number of anilines is 1. The van der Waals surface area contributed by atoms with Gasteiger partial charge in [-0.15, -0.1) is 11.3 Å². The molecule has 1 aliphatic rings. The van der Waals surface area contributed by atoms with Crippen LogP contribution in [0.5, 0.6) is 0 Å². The van der Waals surface area contributed by atoms with Crippen LogP contribution < -0.4 is 4.90 Å². The molecule has 6 nitrogen and oxygen atoms in total. The molecule has 3 aromatic rings. The molecular weight excluding hydrogens is 346 g/mol. The lowest BCUT2D eigenvalue weighted by Crippen LogP contribution is -2.46. The topological polar surface area (TPSA) is 58.3 Å². The molecular formula is C19H23N5OS. The van der Waals surface area contributed by atoms with E-state index in [4.69, 9.17) is 4.52 Å². The van der Waals surface area contributed by atoms with Crippen molar-refractivity contribution in [1.82, 2.24) is 20.0 Å². The summed E-state index contributed by atoms with van der Waals surface area (Å²) in [5.41, 5.74) is 2.31. The molecule has 0 radical (unpaired) electrons. The van der Waals surface area contributed by atoms with Crippen LogP contribution in [0, 0.1) is 0 Å². The van der Waals surface area contributed by atoms with E-state index in [-0.39, 0.29) is 0 Å². The maximum absolute atomic E-state index is 5.47. The second-order valence-electron chi connectivity index (χ2n) is 6.87.